The van der Waals surface area contributed by atoms with Crippen LogP contribution in [0.3, 0.4) is 0 Å². The van der Waals surface area contributed by atoms with E-state index in [9.17, 15) is 24.0 Å². The van der Waals surface area contributed by atoms with Gasteiger partial charge in [0.1, 0.15) is 6.04 Å². The maximum Gasteiger partial charge on any atom is 0.330 e. The van der Waals surface area contributed by atoms with Crippen molar-refractivity contribution in [1.82, 2.24) is 4.90 Å². The predicted molar refractivity (Wildman–Crippen MR) is 190 cm³/mol. The molecule has 1 saturated heterocycles. The Bertz CT molecular complexity index is 1680. The Kier molecular flexibility index (Phi) is 12.0. The van der Waals surface area contributed by atoms with Crippen LogP contribution >= 0.6 is 23.2 Å². The van der Waals surface area contributed by atoms with Crippen LogP contribution in [-0.2, 0) is 35.1 Å². The van der Waals surface area contributed by atoms with Crippen LogP contribution in [0.1, 0.15) is 67.6 Å². The van der Waals surface area contributed by atoms with E-state index < -0.39 is 58.7 Å². The van der Waals surface area contributed by atoms with Crippen molar-refractivity contribution in [3.05, 3.63) is 106 Å². The Balaban J connectivity index is 1.57. The Hall–Kier alpha value is -4.25. The molecule has 4 amide bonds. The molecule has 2 aliphatic rings. The van der Waals surface area contributed by atoms with Gasteiger partial charge in [-0.05, 0) is 48.1 Å². The molecule has 4 N–H and O–H groups in total. The fraction of sp³-hybridized carbons (Fsp3) is 0.395. The minimum Gasteiger partial charge on any atom is -0.454 e. The van der Waals surface area contributed by atoms with E-state index in [1.54, 1.807) is 18.2 Å². The molecular formula is C38H43Cl2N4O6+. The molecule has 5 rings (SSSR count). The van der Waals surface area contributed by atoms with Crippen molar-refractivity contribution in [3.63, 3.8) is 0 Å². The topological polar surface area (TPSA) is 150 Å². The quantitative estimate of drug-likeness (QED) is 0.189. The molecule has 3 aromatic carbocycles. The van der Waals surface area contributed by atoms with Crippen molar-refractivity contribution in [3.8, 4) is 0 Å². The number of hydrogen-bond acceptors (Lipinski definition) is 6. The second-order valence-corrected chi connectivity index (χ2v) is 14.1. The van der Waals surface area contributed by atoms with Crippen LogP contribution in [-0.4, -0.2) is 76.8 Å². The second kappa shape index (κ2) is 16.2. The molecule has 2 atom stereocenters. The molecule has 0 radical (unpaired) electrons. The van der Waals surface area contributed by atoms with Crippen molar-refractivity contribution in [2.45, 2.75) is 68.9 Å². The first-order chi connectivity index (χ1) is 24.0. The highest BCUT2D eigenvalue weighted by atomic mass is 35.5. The van der Waals surface area contributed by atoms with Crippen LogP contribution in [0.5, 0.6) is 0 Å². The van der Waals surface area contributed by atoms with E-state index in [-0.39, 0.29) is 32.0 Å². The minimum atomic E-state index is -1.38. The lowest BCUT2D eigenvalue weighted by molar-refractivity contribution is -0.890. The third-order valence-corrected chi connectivity index (χ3v) is 11.0. The van der Waals surface area contributed by atoms with E-state index in [1.165, 1.54) is 4.90 Å². The summed E-state index contributed by atoms with van der Waals surface area (Å²) in [5, 5.41) is 0.838. The maximum absolute atomic E-state index is 14.9. The van der Waals surface area contributed by atoms with Crippen LogP contribution in [0.2, 0.25) is 10.0 Å². The molecule has 1 saturated carbocycles. The Morgan fingerprint density at radius 1 is 0.900 bits per heavy atom. The van der Waals surface area contributed by atoms with Gasteiger partial charge in [-0.3, -0.25) is 14.4 Å². The normalized spacial score (nSPS) is 20.7. The summed E-state index contributed by atoms with van der Waals surface area (Å²) >= 11 is 12.7. The van der Waals surface area contributed by atoms with Crippen molar-refractivity contribution in [1.29, 1.82) is 0 Å². The summed E-state index contributed by atoms with van der Waals surface area (Å²) in [6.45, 7) is -0.956. The molecule has 10 nitrogen and oxygen atoms in total. The standard InChI is InChI=1S/C38H42Cl2N4O6/c39-29-15-14-28(31(40)22-29)17-21-44(38(37(42)49)18-8-3-9-19-38)24-34(46)43(32(23-35(44)47)36(48)50-25-33(41)45)20-16-30(26-10-4-1-5-11-26)27-12-6-2-7-13-27/h1-2,4-7,10-15,22,30,32H,3,8-9,16-21,23-25H2,(H3-,41,42,45,49)/p+1. The van der Waals surface area contributed by atoms with Gasteiger partial charge in [0.2, 0.25) is 0 Å². The predicted octanol–water partition coefficient (Wildman–Crippen LogP) is 4.92. The summed E-state index contributed by atoms with van der Waals surface area (Å²) in [5.41, 5.74) is 12.9. The molecule has 2 unspecified atom stereocenters. The smallest absolute Gasteiger partial charge is 0.330 e. The fourth-order valence-electron chi connectivity index (χ4n) is 7.79. The number of primary amides is 2. The number of carbonyl (C=O) groups excluding carboxylic acids is 5. The van der Waals surface area contributed by atoms with E-state index in [4.69, 9.17) is 39.4 Å². The van der Waals surface area contributed by atoms with E-state index in [1.807, 2.05) is 60.7 Å². The zero-order valence-electron chi connectivity index (χ0n) is 27.9. The second-order valence-electron chi connectivity index (χ2n) is 13.2. The number of esters is 1. The van der Waals surface area contributed by atoms with Crippen molar-refractivity contribution < 1.29 is 33.2 Å². The van der Waals surface area contributed by atoms with Gasteiger partial charge < -0.3 is 21.1 Å². The molecule has 50 heavy (non-hydrogen) atoms. The first kappa shape index (κ1) is 37.0. The van der Waals surface area contributed by atoms with Crippen LogP contribution in [0, 0.1) is 0 Å². The van der Waals surface area contributed by atoms with Gasteiger partial charge >= 0.3 is 11.9 Å². The zero-order valence-corrected chi connectivity index (χ0v) is 29.4. The molecule has 3 aromatic rings. The van der Waals surface area contributed by atoms with Crippen molar-refractivity contribution >= 4 is 52.8 Å². The third kappa shape index (κ3) is 7.88. The number of ether oxygens (including phenoxy) is 1. The number of rotatable bonds is 13. The average molecular weight is 723 g/mol. The van der Waals surface area contributed by atoms with E-state index in [0.717, 1.165) is 17.5 Å². The lowest BCUT2D eigenvalue weighted by Crippen LogP contribution is -2.74. The van der Waals surface area contributed by atoms with Gasteiger partial charge in [0.05, 0.1) is 13.0 Å². The first-order valence-electron chi connectivity index (χ1n) is 17.0. The Morgan fingerprint density at radius 2 is 1.52 bits per heavy atom. The van der Waals surface area contributed by atoms with E-state index in [0.29, 0.717) is 47.7 Å². The number of nitrogens with zero attached hydrogens (tertiary/aromatic N) is 2. The van der Waals surface area contributed by atoms with Gasteiger partial charge in [-0.15, -0.1) is 0 Å². The van der Waals surface area contributed by atoms with Gasteiger partial charge in [-0.2, -0.15) is 0 Å². The van der Waals surface area contributed by atoms with E-state index >= 15 is 0 Å². The monoisotopic (exact) mass is 721 g/mol. The Morgan fingerprint density at radius 3 is 2.08 bits per heavy atom. The molecule has 1 heterocycles. The number of halogens is 2. The maximum atomic E-state index is 14.9. The van der Waals surface area contributed by atoms with Crippen molar-refractivity contribution in [2.75, 3.05) is 26.2 Å². The van der Waals surface area contributed by atoms with Crippen LogP contribution in [0.25, 0.3) is 0 Å². The molecule has 2 fully saturated rings. The van der Waals surface area contributed by atoms with Gasteiger partial charge in [0, 0.05) is 41.8 Å². The third-order valence-electron chi connectivity index (χ3n) is 10.4. The molecular weight excluding hydrogens is 679 g/mol. The van der Waals surface area contributed by atoms with Gasteiger partial charge in [0.25, 0.3) is 17.7 Å². The highest BCUT2D eigenvalue weighted by molar-refractivity contribution is 6.35. The molecule has 1 aliphatic heterocycles. The number of nitrogens with two attached hydrogens (primary N) is 2. The highest BCUT2D eigenvalue weighted by Crippen LogP contribution is 2.42. The molecule has 1 aliphatic carbocycles. The summed E-state index contributed by atoms with van der Waals surface area (Å²) in [7, 11) is 0. The first-order valence-corrected chi connectivity index (χ1v) is 17.7. The lowest BCUT2D eigenvalue weighted by atomic mass is 9.76. The summed E-state index contributed by atoms with van der Waals surface area (Å²) in [6.07, 6.45) is 3.00. The number of hydrogen-bond donors (Lipinski definition) is 2. The largest absolute Gasteiger partial charge is 0.454 e. The van der Waals surface area contributed by atoms with Gasteiger partial charge in [0.15, 0.2) is 18.7 Å². The van der Waals surface area contributed by atoms with Crippen LogP contribution in [0.15, 0.2) is 78.9 Å². The van der Waals surface area contributed by atoms with Crippen LogP contribution < -0.4 is 11.5 Å². The molecule has 0 bridgehead atoms. The molecule has 264 valence electrons. The number of carbonyl (C=O) groups is 5. The fourth-order valence-corrected chi connectivity index (χ4v) is 8.30. The minimum absolute atomic E-state index is 0.0441. The van der Waals surface area contributed by atoms with E-state index in [2.05, 4.69) is 0 Å². The average Bonchev–Trinajstić information content (AvgIpc) is 3.21. The zero-order chi connectivity index (χ0) is 35.9. The lowest BCUT2D eigenvalue weighted by Gasteiger charge is -2.50. The number of amides is 4. The summed E-state index contributed by atoms with van der Waals surface area (Å²) in [4.78, 5) is 69.9. The van der Waals surface area contributed by atoms with Crippen molar-refractivity contribution in [2.24, 2.45) is 11.5 Å². The number of quaternary nitrogens is 1. The van der Waals surface area contributed by atoms with Crippen LogP contribution in [0.4, 0.5) is 0 Å². The highest BCUT2D eigenvalue weighted by Gasteiger charge is 2.63. The van der Waals surface area contributed by atoms with Gasteiger partial charge in [-0.25, -0.2) is 14.1 Å². The van der Waals surface area contributed by atoms with Gasteiger partial charge in [-0.1, -0.05) is 96.4 Å². The molecule has 0 aromatic heterocycles. The SMILES string of the molecule is NC(=O)COC(=O)C1CC(=O)[N+](CCc2ccc(Cl)cc2Cl)(C2(C(N)=O)CCCCC2)CC(=O)N1CCC(c1ccccc1)c1ccccc1. The summed E-state index contributed by atoms with van der Waals surface area (Å²) in [6, 6.07) is 23.3. The molecule has 12 heteroatoms. The summed E-state index contributed by atoms with van der Waals surface area (Å²) < 4.78 is 4.71. The molecule has 0 spiro atoms. The summed E-state index contributed by atoms with van der Waals surface area (Å²) in [5.74, 6) is -3.56. The number of benzene rings is 3. The Labute approximate surface area is 302 Å².